The fraction of sp³-hybridized carbons (Fsp3) is 0.458. The average molecular weight is 362 g/mol. The zero-order valence-corrected chi connectivity index (χ0v) is 15.8. The minimum Gasteiger partial charge on any atom is -0.371 e. The van der Waals surface area contributed by atoms with Gasteiger partial charge in [-0.05, 0) is 67.0 Å². The van der Waals surface area contributed by atoms with Crippen LogP contribution >= 0.6 is 0 Å². The molecule has 4 rings (SSSR count). The summed E-state index contributed by atoms with van der Waals surface area (Å²) in [4.78, 5) is 2.43. The van der Waals surface area contributed by atoms with E-state index in [1.54, 1.807) is 12.1 Å². The van der Waals surface area contributed by atoms with Crippen molar-refractivity contribution in [1.29, 1.82) is 5.26 Å². The van der Waals surface area contributed by atoms with Crippen LogP contribution in [0.4, 0.5) is 10.1 Å². The molecule has 2 nitrogen and oxygen atoms in total. The van der Waals surface area contributed by atoms with Crippen molar-refractivity contribution >= 4 is 5.69 Å². The maximum absolute atomic E-state index is 13.1. The van der Waals surface area contributed by atoms with Gasteiger partial charge in [0, 0.05) is 18.8 Å². The van der Waals surface area contributed by atoms with Gasteiger partial charge in [0.25, 0.3) is 0 Å². The number of nitrogens with zero attached hydrogens (tertiary/aromatic N) is 2. The summed E-state index contributed by atoms with van der Waals surface area (Å²) in [5.74, 6) is 0.356. The molecule has 27 heavy (non-hydrogen) atoms. The molecule has 140 valence electrons. The number of hydrogen-bond donors (Lipinski definition) is 0. The normalized spacial score (nSPS) is 20.2. The van der Waals surface area contributed by atoms with E-state index in [4.69, 9.17) is 0 Å². The molecule has 2 aliphatic rings. The molecule has 2 fully saturated rings. The summed E-state index contributed by atoms with van der Waals surface area (Å²) in [6.45, 7) is 2.04. The van der Waals surface area contributed by atoms with E-state index in [0.29, 0.717) is 5.92 Å². The van der Waals surface area contributed by atoms with Crippen LogP contribution in [0.25, 0.3) is 0 Å². The molecule has 0 N–H and O–H groups in total. The first kappa shape index (κ1) is 18.0. The Hall–Kier alpha value is -2.34. The molecule has 1 saturated carbocycles. The Morgan fingerprint density at radius 3 is 2.11 bits per heavy atom. The van der Waals surface area contributed by atoms with E-state index < -0.39 is 0 Å². The van der Waals surface area contributed by atoms with Crippen molar-refractivity contribution in [2.45, 2.75) is 56.3 Å². The molecule has 2 aromatic rings. The number of anilines is 1. The van der Waals surface area contributed by atoms with Gasteiger partial charge in [-0.25, -0.2) is 4.39 Å². The monoisotopic (exact) mass is 362 g/mol. The highest BCUT2D eigenvalue weighted by Gasteiger charge is 2.34. The van der Waals surface area contributed by atoms with Gasteiger partial charge in [-0.3, -0.25) is 0 Å². The first-order valence-corrected chi connectivity index (χ1v) is 10.2. The van der Waals surface area contributed by atoms with E-state index >= 15 is 0 Å². The third kappa shape index (κ3) is 3.72. The number of nitriles is 1. The molecule has 1 aliphatic heterocycles. The van der Waals surface area contributed by atoms with Gasteiger partial charge in [0.15, 0.2) is 0 Å². The van der Waals surface area contributed by atoms with Crippen LogP contribution in [-0.2, 0) is 5.41 Å². The molecule has 0 amide bonds. The van der Waals surface area contributed by atoms with Crippen molar-refractivity contribution in [3.8, 4) is 6.07 Å². The fourth-order valence-electron chi connectivity index (χ4n) is 4.82. The molecule has 3 heteroatoms. The second-order valence-electron chi connectivity index (χ2n) is 8.11. The SMILES string of the molecule is N#CC1(c2ccc(N3CCC(c4ccc(F)cc4)CC3)cc2)CCCCC1. The molecular formula is C24H27FN2. The molecule has 0 spiro atoms. The van der Waals surface area contributed by atoms with Crippen LogP contribution in [0, 0.1) is 17.1 Å². The summed E-state index contributed by atoms with van der Waals surface area (Å²) in [5, 5.41) is 9.78. The lowest BCUT2D eigenvalue weighted by molar-refractivity contribution is 0.366. The topological polar surface area (TPSA) is 27.0 Å². The zero-order valence-electron chi connectivity index (χ0n) is 15.8. The van der Waals surface area contributed by atoms with E-state index in [9.17, 15) is 9.65 Å². The third-order valence-corrected chi connectivity index (χ3v) is 6.54. The van der Waals surface area contributed by atoms with Crippen molar-refractivity contribution in [3.05, 3.63) is 65.5 Å². The predicted molar refractivity (Wildman–Crippen MR) is 107 cm³/mol. The maximum Gasteiger partial charge on any atom is 0.123 e. The van der Waals surface area contributed by atoms with E-state index in [1.165, 1.54) is 23.2 Å². The second-order valence-corrected chi connectivity index (χ2v) is 8.11. The van der Waals surface area contributed by atoms with Gasteiger partial charge in [0.1, 0.15) is 5.82 Å². The summed E-state index contributed by atoms with van der Waals surface area (Å²) in [7, 11) is 0. The first-order chi connectivity index (χ1) is 13.2. The van der Waals surface area contributed by atoms with E-state index in [2.05, 4.69) is 35.2 Å². The van der Waals surface area contributed by atoms with Crippen molar-refractivity contribution in [2.75, 3.05) is 18.0 Å². The van der Waals surface area contributed by atoms with Gasteiger partial charge < -0.3 is 4.90 Å². The predicted octanol–water partition coefficient (Wildman–Crippen LogP) is 5.94. The number of rotatable bonds is 3. The minimum atomic E-state index is -0.271. The highest BCUT2D eigenvalue weighted by Crippen LogP contribution is 2.39. The highest BCUT2D eigenvalue weighted by molar-refractivity contribution is 5.50. The number of halogens is 1. The molecule has 1 heterocycles. The summed E-state index contributed by atoms with van der Waals surface area (Å²) in [5.41, 5.74) is 3.42. The summed E-state index contributed by atoms with van der Waals surface area (Å²) < 4.78 is 13.1. The molecule has 0 radical (unpaired) electrons. The Morgan fingerprint density at radius 1 is 0.889 bits per heavy atom. The number of benzene rings is 2. The van der Waals surface area contributed by atoms with Crippen molar-refractivity contribution in [3.63, 3.8) is 0 Å². The van der Waals surface area contributed by atoms with Crippen LogP contribution in [0.15, 0.2) is 48.5 Å². The van der Waals surface area contributed by atoms with Crippen molar-refractivity contribution in [1.82, 2.24) is 0 Å². The van der Waals surface area contributed by atoms with Gasteiger partial charge in [-0.15, -0.1) is 0 Å². The number of piperidine rings is 1. The summed E-state index contributed by atoms with van der Waals surface area (Å²) in [6, 6.07) is 18.4. The Labute approximate surface area is 161 Å². The Bertz CT molecular complexity index is 790. The average Bonchev–Trinajstić information content (AvgIpc) is 2.75. The van der Waals surface area contributed by atoms with Gasteiger partial charge in [-0.1, -0.05) is 43.5 Å². The molecule has 1 aliphatic carbocycles. The number of hydrogen-bond acceptors (Lipinski definition) is 2. The van der Waals surface area contributed by atoms with E-state index in [-0.39, 0.29) is 11.2 Å². The molecule has 0 unspecified atom stereocenters. The minimum absolute atomic E-state index is 0.163. The Morgan fingerprint density at radius 2 is 1.52 bits per heavy atom. The smallest absolute Gasteiger partial charge is 0.123 e. The van der Waals surface area contributed by atoms with Crippen LogP contribution in [0.1, 0.15) is 62.0 Å². The lowest BCUT2D eigenvalue weighted by Gasteiger charge is -2.35. The summed E-state index contributed by atoms with van der Waals surface area (Å²) >= 11 is 0. The highest BCUT2D eigenvalue weighted by atomic mass is 19.1. The third-order valence-electron chi connectivity index (χ3n) is 6.54. The largest absolute Gasteiger partial charge is 0.371 e. The van der Waals surface area contributed by atoms with Crippen LogP contribution in [0.2, 0.25) is 0 Å². The lowest BCUT2D eigenvalue weighted by Crippen LogP contribution is -2.33. The molecule has 1 saturated heterocycles. The van der Waals surface area contributed by atoms with Crippen LogP contribution in [-0.4, -0.2) is 13.1 Å². The first-order valence-electron chi connectivity index (χ1n) is 10.2. The van der Waals surface area contributed by atoms with Gasteiger partial charge >= 0.3 is 0 Å². The Kier molecular flexibility index (Phi) is 5.16. The standard InChI is InChI=1S/C24H27FN2/c25-22-8-4-19(5-9-22)20-12-16-27(17-13-20)23-10-6-21(7-11-23)24(18-26)14-2-1-3-15-24/h4-11,20H,1-3,12-17H2. The Balaban J connectivity index is 1.41. The van der Waals surface area contributed by atoms with Crippen molar-refractivity contribution in [2.24, 2.45) is 0 Å². The van der Waals surface area contributed by atoms with Crippen molar-refractivity contribution < 1.29 is 4.39 Å². The molecular weight excluding hydrogens is 335 g/mol. The molecule has 0 bridgehead atoms. The van der Waals surface area contributed by atoms with E-state index in [0.717, 1.165) is 51.6 Å². The maximum atomic E-state index is 13.1. The second kappa shape index (κ2) is 7.72. The van der Waals surface area contributed by atoms with Crippen LogP contribution in [0.3, 0.4) is 0 Å². The molecule has 0 aromatic heterocycles. The van der Waals surface area contributed by atoms with Crippen LogP contribution in [0.5, 0.6) is 0 Å². The lowest BCUT2D eigenvalue weighted by atomic mass is 9.70. The summed E-state index contributed by atoms with van der Waals surface area (Å²) in [6.07, 6.45) is 7.74. The quantitative estimate of drug-likeness (QED) is 0.676. The fourth-order valence-corrected chi connectivity index (χ4v) is 4.82. The van der Waals surface area contributed by atoms with E-state index in [1.807, 2.05) is 12.1 Å². The van der Waals surface area contributed by atoms with Gasteiger partial charge in [-0.2, -0.15) is 5.26 Å². The molecule has 2 aromatic carbocycles. The zero-order chi connectivity index (χ0) is 18.7. The molecule has 0 atom stereocenters. The van der Waals surface area contributed by atoms with Crippen LogP contribution < -0.4 is 4.90 Å². The van der Waals surface area contributed by atoms with Gasteiger partial charge in [0.2, 0.25) is 0 Å². The van der Waals surface area contributed by atoms with Gasteiger partial charge in [0.05, 0.1) is 11.5 Å².